The van der Waals surface area contributed by atoms with Crippen molar-refractivity contribution in [2.75, 3.05) is 10.6 Å². The fraction of sp³-hybridized carbons (Fsp3) is 0.118. The van der Waals surface area contributed by atoms with Gasteiger partial charge in [0.05, 0.1) is 17.8 Å². The van der Waals surface area contributed by atoms with Crippen molar-refractivity contribution in [3.63, 3.8) is 0 Å². The second-order valence-corrected chi connectivity index (χ2v) is 6.35. The monoisotopic (exact) mass is 425 g/mol. The van der Waals surface area contributed by atoms with E-state index < -0.39 is 22.6 Å². The molecule has 0 aliphatic heterocycles. The third-order valence-corrected chi connectivity index (χ3v) is 4.04. The van der Waals surface area contributed by atoms with Gasteiger partial charge in [0.15, 0.2) is 0 Å². The summed E-state index contributed by atoms with van der Waals surface area (Å²) in [6, 6.07) is 8.41. The molecule has 134 valence electrons. The molecular weight excluding hydrogens is 415 g/mol. The number of nitrogens with zero attached hydrogens (tertiary/aromatic N) is 1. The highest BCUT2D eigenvalue weighted by Crippen LogP contribution is 2.34. The molecule has 0 unspecified atom stereocenters. The summed E-state index contributed by atoms with van der Waals surface area (Å²) in [4.78, 5) is 27.6. The van der Waals surface area contributed by atoms with Gasteiger partial charge in [-0.1, -0.05) is 22.0 Å². The van der Waals surface area contributed by atoms with E-state index in [1.54, 1.807) is 24.4 Å². The number of aromatic nitrogens is 1. The number of hydrogen-bond donors (Lipinski definition) is 2. The molecule has 0 spiro atoms. The summed E-state index contributed by atoms with van der Waals surface area (Å²) in [5.74, 6) is 0. The van der Waals surface area contributed by atoms with Crippen LogP contribution in [0.1, 0.15) is 11.3 Å². The Hall–Kier alpha value is -2.68. The first kappa shape index (κ1) is 18.1. The third kappa shape index (κ3) is 3.77. The van der Waals surface area contributed by atoms with Crippen LogP contribution < -0.4 is 21.5 Å². The molecule has 3 aromatic rings. The number of anilines is 3. The summed E-state index contributed by atoms with van der Waals surface area (Å²) < 4.78 is 38.9. The van der Waals surface area contributed by atoms with Crippen molar-refractivity contribution < 1.29 is 13.2 Å². The first-order valence-corrected chi connectivity index (χ1v) is 8.17. The summed E-state index contributed by atoms with van der Waals surface area (Å²) in [5.41, 5.74) is -1.76. The minimum absolute atomic E-state index is 0.0224. The Bertz CT molecular complexity index is 1010. The van der Waals surface area contributed by atoms with E-state index >= 15 is 0 Å². The van der Waals surface area contributed by atoms with Crippen LogP contribution in [0.5, 0.6) is 0 Å². The van der Waals surface area contributed by atoms with E-state index in [-0.39, 0.29) is 28.1 Å². The third-order valence-electron chi connectivity index (χ3n) is 3.58. The average Bonchev–Trinajstić information content (AvgIpc) is 2.60. The Morgan fingerprint density at radius 1 is 1.04 bits per heavy atom. The van der Waals surface area contributed by atoms with Crippen LogP contribution in [0.25, 0.3) is 0 Å². The van der Waals surface area contributed by atoms with E-state index in [9.17, 15) is 22.8 Å². The fourth-order valence-corrected chi connectivity index (χ4v) is 2.82. The lowest BCUT2D eigenvalue weighted by Crippen LogP contribution is -2.36. The highest BCUT2D eigenvalue weighted by atomic mass is 79.9. The first-order valence-electron chi connectivity index (χ1n) is 7.37. The molecule has 0 fully saturated rings. The number of halogens is 4. The zero-order valence-electron chi connectivity index (χ0n) is 13.0. The van der Waals surface area contributed by atoms with Crippen LogP contribution in [0.15, 0.2) is 56.7 Å². The number of nitrogens with one attached hydrogen (secondary N) is 2. The van der Waals surface area contributed by atoms with Crippen molar-refractivity contribution in [2.24, 2.45) is 0 Å². The Morgan fingerprint density at radius 2 is 1.77 bits per heavy atom. The minimum atomic E-state index is -4.53. The van der Waals surface area contributed by atoms with Gasteiger partial charge in [-0.3, -0.25) is 14.6 Å². The molecule has 1 aromatic heterocycles. The molecule has 26 heavy (non-hydrogen) atoms. The summed E-state index contributed by atoms with van der Waals surface area (Å²) >= 11 is 3.01. The molecule has 1 heterocycles. The molecule has 0 aliphatic rings. The molecule has 9 heteroatoms. The van der Waals surface area contributed by atoms with Gasteiger partial charge in [0, 0.05) is 16.4 Å². The summed E-state index contributed by atoms with van der Waals surface area (Å²) in [7, 11) is 0. The van der Waals surface area contributed by atoms with Gasteiger partial charge in [-0.25, -0.2) is 0 Å². The molecule has 0 radical (unpaired) electrons. The minimum Gasteiger partial charge on any atom is -0.374 e. The van der Waals surface area contributed by atoms with Gasteiger partial charge in [-0.05, 0) is 30.3 Å². The molecule has 0 saturated carbocycles. The maximum Gasteiger partial charge on any atom is 0.416 e. The molecule has 0 amide bonds. The fourth-order valence-electron chi connectivity index (χ4n) is 2.33. The molecule has 2 aromatic carbocycles. The lowest BCUT2D eigenvalue weighted by Gasteiger charge is -2.16. The van der Waals surface area contributed by atoms with Crippen molar-refractivity contribution in [3.8, 4) is 0 Å². The summed E-state index contributed by atoms with van der Waals surface area (Å²) in [6.45, 7) is 0.201. The lowest BCUT2D eigenvalue weighted by molar-refractivity contribution is -0.137. The lowest BCUT2D eigenvalue weighted by atomic mass is 10.1. The van der Waals surface area contributed by atoms with Gasteiger partial charge < -0.3 is 10.6 Å². The van der Waals surface area contributed by atoms with Gasteiger partial charge >= 0.3 is 6.18 Å². The van der Waals surface area contributed by atoms with Gasteiger partial charge in [-0.2, -0.15) is 13.2 Å². The van der Waals surface area contributed by atoms with Crippen molar-refractivity contribution in [1.29, 1.82) is 0 Å². The molecule has 0 bridgehead atoms. The predicted molar refractivity (Wildman–Crippen MR) is 95.3 cm³/mol. The van der Waals surface area contributed by atoms with Crippen LogP contribution >= 0.6 is 15.9 Å². The maximum absolute atomic E-state index is 12.9. The van der Waals surface area contributed by atoms with E-state index in [0.717, 1.165) is 12.1 Å². The zero-order valence-corrected chi connectivity index (χ0v) is 14.6. The van der Waals surface area contributed by atoms with Gasteiger partial charge in [0.1, 0.15) is 11.4 Å². The van der Waals surface area contributed by atoms with E-state index in [1.807, 2.05) is 0 Å². The normalized spacial score (nSPS) is 11.5. The van der Waals surface area contributed by atoms with Crippen LogP contribution in [-0.4, -0.2) is 4.98 Å². The number of benzene rings is 1. The predicted octanol–water partition coefficient (Wildman–Crippen LogP) is 3.81. The highest BCUT2D eigenvalue weighted by Gasteiger charge is 2.31. The molecule has 3 rings (SSSR count). The molecule has 5 nitrogen and oxygen atoms in total. The Labute approximate surface area is 153 Å². The van der Waals surface area contributed by atoms with Crippen molar-refractivity contribution in [3.05, 3.63) is 78.8 Å². The van der Waals surface area contributed by atoms with Gasteiger partial charge in [0.2, 0.25) is 0 Å². The molecule has 0 saturated heterocycles. The second-order valence-electron chi connectivity index (χ2n) is 5.43. The first-order chi connectivity index (χ1) is 12.3. The Morgan fingerprint density at radius 3 is 2.42 bits per heavy atom. The number of alkyl halides is 3. The van der Waals surface area contributed by atoms with Gasteiger partial charge in [-0.15, -0.1) is 0 Å². The molecule has 0 aliphatic carbocycles. The highest BCUT2D eigenvalue weighted by molar-refractivity contribution is 9.10. The number of pyridine rings is 1. The maximum atomic E-state index is 12.9. The zero-order chi connectivity index (χ0) is 18.9. The van der Waals surface area contributed by atoms with E-state index in [1.165, 1.54) is 6.07 Å². The van der Waals surface area contributed by atoms with Crippen LogP contribution in [-0.2, 0) is 12.7 Å². The summed E-state index contributed by atoms with van der Waals surface area (Å²) in [5, 5.41) is 5.39. The SMILES string of the molecule is O=c1c(NCc2ccccn2)c(Nc2cc(Br)cc(C(F)(F)F)c2)c1=O. The molecule has 0 atom stereocenters. The largest absolute Gasteiger partial charge is 0.416 e. The van der Waals surface area contributed by atoms with E-state index in [4.69, 9.17) is 0 Å². The number of hydrogen-bond acceptors (Lipinski definition) is 5. The average molecular weight is 426 g/mol. The Balaban J connectivity index is 1.83. The number of rotatable bonds is 5. The van der Waals surface area contributed by atoms with Crippen molar-refractivity contribution in [2.45, 2.75) is 12.7 Å². The molecular formula is C17H11BrF3N3O2. The van der Waals surface area contributed by atoms with Crippen molar-refractivity contribution in [1.82, 2.24) is 4.98 Å². The second kappa shape index (κ2) is 6.91. The standard InChI is InChI=1S/C17H11BrF3N3O2/c18-10-5-9(17(19,20)21)6-12(7-10)24-14-13(15(25)16(14)26)23-8-11-3-1-2-4-22-11/h1-7,23-24H,8H2. The van der Waals surface area contributed by atoms with Crippen LogP contribution in [0.2, 0.25) is 0 Å². The van der Waals surface area contributed by atoms with E-state index in [0.29, 0.717) is 5.69 Å². The Kier molecular flexibility index (Phi) is 4.82. The topological polar surface area (TPSA) is 71.1 Å². The van der Waals surface area contributed by atoms with Crippen LogP contribution in [0.3, 0.4) is 0 Å². The van der Waals surface area contributed by atoms with Gasteiger partial charge in [0.25, 0.3) is 10.9 Å². The molecule has 2 N–H and O–H groups in total. The van der Waals surface area contributed by atoms with Crippen LogP contribution in [0.4, 0.5) is 30.2 Å². The quantitative estimate of drug-likeness (QED) is 0.608. The summed E-state index contributed by atoms with van der Waals surface area (Å²) in [6.07, 6.45) is -2.95. The van der Waals surface area contributed by atoms with Crippen LogP contribution in [0, 0.1) is 0 Å². The smallest absolute Gasteiger partial charge is 0.374 e. The van der Waals surface area contributed by atoms with E-state index in [2.05, 4.69) is 31.5 Å². The van der Waals surface area contributed by atoms with Crippen molar-refractivity contribution >= 4 is 33.0 Å².